The van der Waals surface area contributed by atoms with Gasteiger partial charge in [0.2, 0.25) is 5.91 Å². The molecule has 0 aliphatic carbocycles. The van der Waals surface area contributed by atoms with Gasteiger partial charge in [0, 0.05) is 17.3 Å². The van der Waals surface area contributed by atoms with Crippen LogP contribution in [0.3, 0.4) is 0 Å². The summed E-state index contributed by atoms with van der Waals surface area (Å²) in [6.45, 7) is 4.02. The summed E-state index contributed by atoms with van der Waals surface area (Å²) in [4.78, 5) is 21.6. The van der Waals surface area contributed by atoms with Crippen LogP contribution in [0, 0.1) is 0 Å². The predicted octanol–water partition coefficient (Wildman–Crippen LogP) is 0.124. The predicted molar refractivity (Wildman–Crippen MR) is 58.0 cm³/mol. The molecule has 88 valence electrons. The number of carbonyl (C=O) groups excluding carboxylic acids is 1. The van der Waals surface area contributed by atoms with Crippen molar-refractivity contribution in [3.8, 4) is 0 Å². The summed E-state index contributed by atoms with van der Waals surface area (Å²) in [5.74, 6) is -1.98. The highest BCUT2D eigenvalue weighted by molar-refractivity contribution is 7.87. The topological polar surface area (TPSA) is 83.5 Å². The third-order valence-electron chi connectivity index (χ3n) is 1.86. The van der Waals surface area contributed by atoms with Crippen molar-refractivity contribution in [3.05, 3.63) is 0 Å². The monoisotopic (exact) mass is 235 g/mol. The van der Waals surface area contributed by atoms with E-state index in [2.05, 4.69) is 5.32 Å². The molecule has 2 atom stereocenters. The van der Waals surface area contributed by atoms with Crippen molar-refractivity contribution in [2.75, 3.05) is 12.3 Å². The zero-order valence-corrected chi connectivity index (χ0v) is 9.80. The van der Waals surface area contributed by atoms with Crippen molar-refractivity contribution in [1.29, 1.82) is 0 Å². The first-order valence-electron chi connectivity index (χ1n) is 4.85. The van der Waals surface area contributed by atoms with Gasteiger partial charge in [-0.25, -0.2) is 0 Å². The first kappa shape index (κ1) is 14.1. The van der Waals surface area contributed by atoms with Gasteiger partial charge in [0.25, 0.3) is 0 Å². The lowest BCUT2D eigenvalue weighted by atomic mass is 10.3. The quantitative estimate of drug-likeness (QED) is 0.614. The highest BCUT2D eigenvalue weighted by Crippen LogP contribution is 1.97. The average molecular weight is 235 g/mol. The Morgan fingerprint density at radius 1 is 1.47 bits per heavy atom. The van der Waals surface area contributed by atoms with Gasteiger partial charge in [-0.3, -0.25) is 13.8 Å². The second kappa shape index (κ2) is 7.39. The van der Waals surface area contributed by atoms with Crippen LogP contribution in [0.2, 0.25) is 0 Å². The number of hydrogen-bond acceptors (Lipinski definition) is 3. The van der Waals surface area contributed by atoms with E-state index in [4.69, 9.17) is 5.11 Å². The summed E-state index contributed by atoms with van der Waals surface area (Å²) in [6.07, 6.45) is 1.83. The van der Waals surface area contributed by atoms with Crippen molar-refractivity contribution in [3.63, 3.8) is 0 Å². The summed E-state index contributed by atoms with van der Waals surface area (Å²) in [6, 6.07) is 0. The summed E-state index contributed by atoms with van der Waals surface area (Å²) in [5, 5.41) is 10.3. The molecule has 2 unspecified atom stereocenters. The number of unbranched alkanes of at least 4 members (excludes halogenated alkanes) is 1. The molecule has 1 amide bonds. The lowest BCUT2D eigenvalue weighted by Gasteiger charge is -2.10. The number of carbonyl (C=O) groups is 2. The third kappa shape index (κ3) is 6.22. The molecular formula is C9H17NO4S. The maximum absolute atomic E-state index is 11.3. The zero-order chi connectivity index (χ0) is 11.8. The Hall–Kier alpha value is -0.910. The number of amides is 1. The summed E-state index contributed by atoms with van der Waals surface area (Å²) in [5.41, 5.74) is 0. The molecule has 15 heavy (non-hydrogen) atoms. The summed E-state index contributed by atoms with van der Waals surface area (Å²) in [7, 11) is -1.64. The molecule has 0 aromatic carbocycles. The molecule has 0 aromatic rings. The Bertz CT molecular complexity index is 254. The standard InChI is InChI=1S/C9H17NO4S/c1-3-4-5-10-9(13)7(2)15(14)6-8(11)12/h7H,3-6H2,1-2H3,(H,10,13)(H,11,12). The molecule has 6 heteroatoms. The number of aliphatic carboxylic acids is 1. The van der Waals surface area contributed by atoms with E-state index in [1.54, 1.807) is 0 Å². The molecule has 0 bridgehead atoms. The third-order valence-corrected chi connectivity index (χ3v) is 3.39. The van der Waals surface area contributed by atoms with Gasteiger partial charge in [-0.05, 0) is 13.3 Å². The van der Waals surface area contributed by atoms with Crippen molar-refractivity contribution in [1.82, 2.24) is 5.32 Å². The molecule has 0 radical (unpaired) electrons. The molecule has 0 spiro atoms. The fourth-order valence-corrected chi connectivity index (χ4v) is 1.71. The van der Waals surface area contributed by atoms with Crippen LogP contribution in [-0.4, -0.2) is 38.7 Å². The molecule has 0 saturated carbocycles. The Morgan fingerprint density at radius 3 is 2.53 bits per heavy atom. The number of carboxylic acid groups (broad SMARTS) is 1. The van der Waals surface area contributed by atoms with E-state index in [0.717, 1.165) is 12.8 Å². The SMILES string of the molecule is CCCCNC(=O)C(C)S(=O)CC(=O)O. The lowest BCUT2D eigenvalue weighted by molar-refractivity contribution is -0.133. The molecule has 2 N–H and O–H groups in total. The Labute approximate surface area is 91.7 Å². The van der Waals surface area contributed by atoms with Gasteiger partial charge in [0.05, 0.1) is 0 Å². The highest BCUT2D eigenvalue weighted by Gasteiger charge is 2.21. The normalized spacial score (nSPS) is 14.3. The molecule has 0 aliphatic heterocycles. The first-order valence-corrected chi connectivity index (χ1v) is 6.24. The van der Waals surface area contributed by atoms with E-state index in [1.165, 1.54) is 6.92 Å². The van der Waals surface area contributed by atoms with E-state index < -0.39 is 27.8 Å². The molecule has 5 nitrogen and oxygen atoms in total. The minimum atomic E-state index is -1.64. The second-order valence-electron chi connectivity index (χ2n) is 3.21. The van der Waals surface area contributed by atoms with Crippen LogP contribution in [0.15, 0.2) is 0 Å². The smallest absolute Gasteiger partial charge is 0.316 e. The highest BCUT2D eigenvalue weighted by atomic mass is 32.2. The van der Waals surface area contributed by atoms with Crippen LogP contribution in [-0.2, 0) is 20.4 Å². The van der Waals surface area contributed by atoms with Crippen LogP contribution in [0.1, 0.15) is 26.7 Å². The number of hydrogen-bond donors (Lipinski definition) is 2. The number of rotatable bonds is 7. The van der Waals surface area contributed by atoms with Crippen molar-refractivity contribution < 1.29 is 18.9 Å². The summed E-state index contributed by atoms with van der Waals surface area (Å²) < 4.78 is 11.3. The molecule has 0 fully saturated rings. The molecular weight excluding hydrogens is 218 g/mol. The van der Waals surface area contributed by atoms with Crippen molar-refractivity contribution in [2.45, 2.75) is 31.9 Å². The summed E-state index contributed by atoms with van der Waals surface area (Å²) >= 11 is 0. The van der Waals surface area contributed by atoms with E-state index in [9.17, 15) is 13.8 Å². The molecule has 0 heterocycles. The van der Waals surface area contributed by atoms with Crippen LogP contribution in [0.25, 0.3) is 0 Å². The van der Waals surface area contributed by atoms with E-state index in [-0.39, 0.29) is 5.91 Å². The van der Waals surface area contributed by atoms with E-state index in [0.29, 0.717) is 6.54 Å². The van der Waals surface area contributed by atoms with Crippen LogP contribution in [0.4, 0.5) is 0 Å². The fourth-order valence-electron chi connectivity index (χ4n) is 0.898. The van der Waals surface area contributed by atoms with Gasteiger partial charge in [0.15, 0.2) is 0 Å². The van der Waals surface area contributed by atoms with Gasteiger partial charge < -0.3 is 10.4 Å². The second-order valence-corrected chi connectivity index (χ2v) is 4.96. The van der Waals surface area contributed by atoms with Crippen molar-refractivity contribution in [2.24, 2.45) is 0 Å². The first-order chi connectivity index (χ1) is 6.99. The van der Waals surface area contributed by atoms with Crippen LogP contribution >= 0.6 is 0 Å². The van der Waals surface area contributed by atoms with Gasteiger partial charge >= 0.3 is 5.97 Å². The largest absolute Gasteiger partial charge is 0.481 e. The minimum absolute atomic E-state index is 0.344. The Balaban J connectivity index is 3.96. The minimum Gasteiger partial charge on any atom is -0.481 e. The van der Waals surface area contributed by atoms with E-state index >= 15 is 0 Å². The Kier molecular flexibility index (Phi) is 6.94. The van der Waals surface area contributed by atoms with Crippen molar-refractivity contribution >= 4 is 22.7 Å². The molecule has 0 rings (SSSR count). The van der Waals surface area contributed by atoms with E-state index in [1.807, 2.05) is 6.92 Å². The van der Waals surface area contributed by atoms with Crippen LogP contribution < -0.4 is 5.32 Å². The fraction of sp³-hybridized carbons (Fsp3) is 0.778. The van der Waals surface area contributed by atoms with Gasteiger partial charge in [-0.1, -0.05) is 13.3 Å². The number of carboxylic acids is 1. The van der Waals surface area contributed by atoms with Gasteiger partial charge in [-0.2, -0.15) is 0 Å². The van der Waals surface area contributed by atoms with Gasteiger partial charge in [0.1, 0.15) is 11.0 Å². The number of nitrogens with one attached hydrogen (secondary N) is 1. The maximum Gasteiger partial charge on any atom is 0.316 e. The lowest BCUT2D eigenvalue weighted by Crippen LogP contribution is -2.37. The van der Waals surface area contributed by atoms with Crippen LogP contribution in [0.5, 0.6) is 0 Å². The van der Waals surface area contributed by atoms with Gasteiger partial charge in [-0.15, -0.1) is 0 Å². The Morgan fingerprint density at radius 2 is 2.07 bits per heavy atom. The molecule has 0 aromatic heterocycles. The average Bonchev–Trinajstić information content (AvgIpc) is 2.15. The molecule has 0 saturated heterocycles. The zero-order valence-electron chi connectivity index (χ0n) is 8.99. The maximum atomic E-state index is 11.3. The molecule has 0 aliphatic rings.